The first kappa shape index (κ1) is 12.0. The Hall–Kier alpha value is -2.08. The van der Waals surface area contributed by atoms with E-state index in [-0.39, 0.29) is 0 Å². The Morgan fingerprint density at radius 1 is 1.32 bits per heavy atom. The Labute approximate surface area is 113 Å². The summed E-state index contributed by atoms with van der Waals surface area (Å²) in [6, 6.07) is 10.8. The third kappa shape index (κ3) is 1.94. The molecule has 0 radical (unpaired) electrons. The highest BCUT2D eigenvalue weighted by molar-refractivity contribution is 5.94. The van der Waals surface area contributed by atoms with Gasteiger partial charge in [-0.2, -0.15) is 5.26 Å². The minimum Gasteiger partial charge on any atom is -0.367 e. The molecule has 1 aliphatic rings. The Bertz CT molecular complexity index is 657. The summed E-state index contributed by atoms with van der Waals surface area (Å²) < 4.78 is 0. The van der Waals surface area contributed by atoms with Crippen molar-refractivity contribution in [2.45, 2.75) is 26.3 Å². The van der Waals surface area contributed by atoms with Crippen LogP contribution in [0.15, 0.2) is 30.5 Å². The maximum Gasteiger partial charge on any atom is 0.103 e. The maximum atomic E-state index is 9.37. The van der Waals surface area contributed by atoms with E-state index in [1.807, 2.05) is 18.2 Å². The molecule has 0 spiro atoms. The quantitative estimate of drug-likeness (QED) is 0.780. The molecule has 0 saturated carbocycles. The van der Waals surface area contributed by atoms with Crippen LogP contribution in [-0.4, -0.2) is 17.6 Å². The minimum absolute atomic E-state index is 0.480. The highest BCUT2D eigenvalue weighted by Gasteiger charge is 2.29. The summed E-state index contributed by atoms with van der Waals surface area (Å²) in [5.41, 5.74) is 2.70. The third-order valence-corrected chi connectivity index (χ3v) is 3.94. The van der Waals surface area contributed by atoms with Gasteiger partial charge in [-0.15, -0.1) is 0 Å². The van der Waals surface area contributed by atoms with E-state index in [1.54, 1.807) is 6.20 Å². The smallest absolute Gasteiger partial charge is 0.103 e. The molecule has 2 aromatic rings. The summed E-state index contributed by atoms with van der Waals surface area (Å²) in [5, 5.41) is 10.5. The number of benzene rings is 1. The van der Waals surface area contributed by atoms with Crippen LogP contribution >= 0.6 is 0 Å². The van der Waals surface area contributed by atoms with Crippen molar-refractivity contribution in [1.29, 1.82) is 5.26 Å². The van der Waals surface area contributed by atoms with Gasteiger partial charge in [0.2, 0.25) is 0 Å². The highest BCUT2D eigenvalue weighted by Crippen LogP contribution is 2.35. The molecule has 1 aromatic heterocycles. The number of rotatable bonds is 1. The standard InChI is InChI=1S/C16H17N3/c1-11-7-12(2)19(10-11)16-13(8-17)9-18-15-6-4-3-5-14(15)16/h3-6,9,11-12H,7,10H2,1-2H3. The van der Waals surface area contributed by atoms with Gasteiger partial charge in [0.15, 0.2) is 0 Å². The lowest BCUT2D eigenvalue weighted by Gasteiger charge is -2.26. The van der Waals surface area contributed by atoms with E-state index in [0.717, 1.165) is 23.1 Å². The number of anilines is 1. The van der Waals surface area contributed by atoms with Crippen molar-refractivity contribution in [3.63, 3.8) is 0 Å². The number of nitrogens with zero attached hydrogens (tertiary/aromatic N) is 3. The van der Waals surface area contributed by atoms with Gasteiger partial charge in [-0.05, 0) is 25.3 Å². The van der Waals surface area contributed by atoms with Crippen molar-refractivity contribution >= 4 is 16.6 Å². The first-order valence-electron chi connectivity index (χ1n) is 6.75. The van der Waals surface area contributed by atoms with Gasteiger partial charge in [0.1, 0.15) is 6.07 Å². The molecule has 2 heterocycles. The summed E-state index contributed by atoms with van der Waals surface area (Å²) in [7, 11) is 0. The fourth-order valence-corrected chi connectivity index (χ4v) is 3.13. The van der Waals surface area contributed by atoms with Gasteiger partial charge in [-0.3, -0.25) is 4.98 Å². The predicted octanol–water partition coefficient (Wildman–Crippen LogP) is 3.34. The molecule has 2 unspecified atom stereocenters. The normalized spacial score (nSPS) is 22.7. The topological polar surface area (TPSA) is 39.9 Å². The van der Waals surface area contributed by atoms with Crippen molar-refractivity contribution in [3.05, 3.63) is 36.0 Å². The first-order chi connectivity index (χ1) is 9.20. The summed E-state index contributed by atoms with van der Waals surface area (Å²) in [6.07, 6.45) is 2.88. The van der Waals surface area contributed by atoms with Crippen LogP contribution < -0.4 is 4.90 Å². The molecule has 0 N–H and O–H groups in total. The fourth-order valence-electron chi connectivity index (χ4n) is 3.13. The number of aromatic nitrogens is 1. The van der Waals surface area contributed by atoms with Gasteiger partial charge in [-0.25, -0.2) is 0 Å². The molecule has 1 aliphatic heterocycles. The monoisotopic (exact) mass is 251 g/mol. The predicted molar refractivity (Wildman–Crippen MR) is 77.0 cm³/mol. The Morgan fingerprint density at radius 2 is 2.11 bits per heavy atom. The number of nitriles is 1. The molecule has 1 saturated heterocycles. The van der Waals surface area contributed by atoms with Gasteiger partial charge in [-0.1, -0.05) is 25.1 Å². The minimum atomic E-state index is 0.480. The summed E-state index contributed by atoms with van der Waals surface area (Å²) in [6.45, 7) is 5.52. The lowest BCUT2D eigenvalue weighted by Crippen LogP contribution is -2.27. The second kappa shape index (κ2) is 4.55. The van der Waals surface area contributed by atoms with Crippen LogP contribution in [0.4, 0.5) is 5.69 Å². The molecule has 0 aliphatic carbocycles. The molecular formula is C16H17N3. The van der Waals surface area contributed by atoms with Crippen molar-refractivity contribution < 1.29 is 0 Å². The van der Waals surface area contributed by atoms with E-state index in [2.05, 4.69) is 35.9 Å². The van der Waals surface area contributed by atoms with E-state index in [9.17, 15) is 5.26 Å². The zero-order valence-corrected chi connectivity index (χ0v) is 11.3. The first-order valence-corrected chi connectivity index (χ1v) is 6.75. The summed E-state index contributed by atoms with van der Waals surface area (Å²) in [5.74, 6) is 0.675. The highest BCUT2D eigenvalue weighted by atomic mass is 15.2. The van der Waals surface area contributed by atoms with Gasteiger partial charge in [0.05, 0.1) is 16.8 Å². The summed E-state index contributed by atoms with van der Waals surface area (Å²) in [4.78, 5) is 6.75. The van der Waals surface area contributed by atoms with E-state index in [1.165, 1.54) is 6.42 Å². The Morgan fingerprint density at radius 3 is 2.79 bits per heavy atom. The molecule has 3 rings (SSSR count). The van der Waals surface area contributed by atoms with Crippen molar-refractivity contribution in [2.24, 2.45) is 5.92 Å². The largest absolute Gasteiger partial charge is 0.367 e. The van der Waals surface area contributed by atoms with Crippen LogP contribution in [0, 0.1) is 17.2 Å². The zero-order valence-electron chi connectivity index (χ0n) is 11.3. The van der Waals surface area contributed by atoms with Gasteiger partial charge in [0.25, 0.3) is 0 Å². The number of para-hydroxylation sites is 1. The van der Waals surface area contributed by atoms with E-state index < -0.39 is 0 Å². The third-order valence-electron chi connectivity index (χ3n) is 3.94. The molecule has 0 amide bonds. The molecule has 3 nitrogen and oxygen atoms in total. The van der Waals surface area contributed by atoms with Crippen LogP contribution in [0.5, 0.6) is 0 Å². The zero-order chi connectivity index (χ0) is 13.4. The average Bonchev–Trinajstić information content (AvgIpc) is 2.76. The molecule has 0 bridgehead atoms. The number of hydrogen-bond acceptors (Lipinski definition) is 3. The average molecular weight is 251 g/mol. The molecule has 3 heteroatoms. The van der Waals surface area contributed by atoms with Crippen LogP contribution in [0.2, 0.25) is 0 Å². The summed E-state index contributed by atoms with van der Waals surface area (Å²) >= 11 is 0. The van der Waals surface area contributed by atoms with E-state index >= 15 is 0 Å². The lowest BCUT2D eigenvalue weighted by atomic mass is 10.1. The van der Waals surface area contributed by atoms with Gasteiger partial charge >= 0.3 is 0 Å². The Kier molecular flexibility index (Phi) is 2.87. The van der Waals surface area contributed by atoms with Crippen LogP contribution in [0.3, 0.4) is 0 Å². The lowest BCUT2D eigenvalue weighted by molar-refractivity contribution is 0.625. The van der Waals surface area contributed by atoms with Crippen LogP contribution in [-0.2, 0) is 0 Å². The van der Waals surface area contributed by atoms with Crippen molar-refractivity contribution in [1.82, 2.24) is 4.98 Å². The molecule has 96 valence electrons. The maximum absolute atomic E-state index is 9.37. The van der Waals surface area contributed by atoms with Gasteiger partial charge in [0, 0.05) is 24.2 Å². The van der Waals surface area contributed by atoms with E-state index in [0.29, 0.717) is 17.5 Å². The molecule has 1 aromatic carbocycles. The molecule has 1 fully saturated rings. The SMILES string of the molecule is CC1CC(C)N(c2c(C#N)cnc3ccccc23)C1. The van der Waals surface area contributed by atoms with Gasteiger partial charge < -0.3 is 4.90 Å². The van der Waals surface area contributed by atoms with Crippen LogP contribution in [0.1, 0.15) is 25.8 Å². The van der Waals surface area contributed by atoms with Crippen molar-refractivity contribution in [2.75, 3.05) is 11.4 Å². The second-order valence-corrected chi connectivity index (χ2v) is 5.49. The number of pyridine rings is 1. The van der Waals surface area contributed by atoms with Crippen LogP contribution in [0.25, 0.3) is 10.9 Å². The Balaban J connectivity index is 2.23. The molecule has 19 heavy (non-hydrogen) atoms. The fraction of sp³-hybridized carbons (Fsp3) is 0.375. The number of fused-ring (bicyclic) bond motifs is 1. The molecule has 2 atom stereocenters. The number of hydrogen-bond donors (Lipinski definition) is 0. The second-order valence-electron chi connectivity index (χ2n) is 5.49. The molecular weight excluding hydrogens is 234 g/mol. The van der Waals surface area contributed by atoms with Crippen molar-refractivity contribution in [3.8, 4) is 6.07 Å². The van der Waals surface area contributed by atoms with E-state index in [4.69, 9.17) is 0 Å².